The Bertz CT molecular complexity index is 645. The van der Waals surface area contributed by atoms with E-state index < -0.39 is 0 Å². The highest BCUT2D eigenvalue weighted by Crippen LogP contribution is 2.35. The van der Waals surface area contributed by atoms with E-state index in [0.29, 0.717) is 6.54 Å². The van der Waals surface area contributed by atoms with Crippen LogP contribution in [-0.2, 0) is 4.79 Å². The molecule has 4 heteroatoms. The molecule has 1 N–H and O–H groups in total. The third-order valence-corrected chi connectivity index (χ3v) is 4.40. The molecule has 114 valence electrons. The second kappa shape index (κ2) is 6.84. The highest BCUT2D eigenvalue weighted by molar-refractivity contribution is 6.31. The minimum absolute atomic E-state index is 0.0961. The third-order valence-electron chi connectivity index (χ3n) is 4.05. The first kappa shape index (κ1) is 14.9. The lowest BCUT2D eigenvalue weighted by Crippen LogP contribution is -2.35. The van der Waals surface area contributed by atoms with Gasteiger partial charge in [-0.25, -0.2) is 0 Å². The summed E-state index contributed by atoms with van der Waals surface area (Å²) in [5.41, 5.74) is 2.01. The van der Waals surface area contributed by atoms with E-state index in [9.17, 15) is 4.79 Å². The minimum Gasteiger partial charge on any atom is -0.376 e. The summed E-state index contributed by atoms with van der Waals surface area (Å²) in [6, 6.07) is 17.7. The maximum Gasteiger partial charge on any atom is 0.242 e. The zero-order valence-corrected chi connectivity index (χ0v) is 13.1. The van der Waals surface area contributed by atoms with Gasteiger partial charge in [-0.3, -0.25) is 4.79 Å². The first-order valence-electron chi connectivity index (χ1n) is 7.58. The smallest absolute Gasteiger partial charge is 0.242 e. The number of nitrogens with one attached hydrogen (secondary N) is 1. The van der Waals surface area contributed by atoms with Gasteiger partial charge in [0, 0.05) is 17.3 Å². The number of rotatable bonds is 4. The van der Waals surface area contributed by atoms with Crippen LogP contribution in [0.2, 0.25) is 5.02 Å². The Hall–Kier alpha value is -2.00. The van der Waals surface area contributed by atoms with Gasteiger partial charge in [-0.05, 0) is 36.6 Å². The molecule has 3 rings (SSSR count). The molecule has 0 spiro atoms. The van der Waals surface area contributed by atoms with Crippen LogP contribution in [0.1, 0.15) is 24.4 Å². The first-order valence-corrected chi connectivity index (χ1v) is 7.96. The van der Waals surface area contributed by atoms with E-state index in [1.807, 2.05) is 59.5 Å². The monoisotopic (exact) mass is 314 g/mol. The molecule has 2 aromatic carbocycles. The fourth-order valence-electron chi connectivity index (χ4n) is 2.97. The van der Waals surface area contributed by atoms with Crippen LogP contribution in [0.5, 0.6) is 0 Å². The van der Waals surface area contributed by atoms with Gasteiger partial charge < -0.3 is 10.2 Å². The Morgan fingerprint density at radius 2 is 1.86 bits per heavy atom. The topological polar surface area (TPSA) is 32.3 Å². The van der Waals surface area contributed by atoms with Gasteiger partial charge in [0.2, 0.25) is 5.91 Å². The van der Waals surface area contributed by atoms with Crippen molar-refractivity contribution in [1.82, 2.24) is 4.90 Å². The van der Waals surface area contributed by atoms with Crippen molar-refractivity contribution in [1.29, 1.82) is 0 Å². The normalized spacial score (nSPS) is 17.5. The van der Waals surface area contributed by atoms with Crippen LogP contribution in [0.25, 0.3) is 0 Å². The van der Waals surface area contributed by atoms with Crippen LogP contribution in [0.4, 0.5) is 5.69 Å². The Morgan fingerprint density at radius 3 is 2.64 bits per heavy atom. The number of halogens is 1. The van der Waals surface area contributed by atoms with Gasteiger partial charge in [0.05, 0.1) is 12.6 Å². The van der Waals surface area contributed by atoms with Crippen LogP contribution in [0.3, 0.4) is 0 Å². The number of likely N-dealkylation sites (tertiary alicyclic amines) is 1. The Labute approximate surface area is 135 Å². The molecule has 0 saturated carbocycles. The number of carbonyl (C=O) groups is 1. The van der Waals surface area contributed by atoms with Gasteiger partial charge in [0.25, 0.3) is 0 Å². The fraction of sp³-hybridized carbons (Fsp3) is 0.278. The van der Waals surface area contributed by atoms with Crippen LogP contribution in [-0.4, -0.2) is 23.9 Å². The summed E-state index contributed by atoms with van der Waals surface area (Å²) in [4.78, 5) is 14.5. The van der Waals surface area contributed by atoms with E-state index in [4.69, 9.17) is 11.6 Å². The molecule has 3 nitrogen and oxygen atoms in total. The summed E-state index contributed by atoms with van der Waals surface area (Å²) in [6.45, 7) is 1.11. The largest absolute Gasteiger partial charge is 0.376 e. The molecule has 0 aromatic heterocycles. The number of amides is 1. The Kier molecular flexibility index (Phi) is 4.64. The predicted octanol–water partition coefficient (Wildman–Crippen LogP) is 4.12. The lowest BCUT2D eigenvalue weighted by Gasteiger charge is -2.26. The molecule has 1 aliphatic heterocycles. The van der Waals surface area contributed by atoms with Gasteiger partial charge in [-0.2, -0.15) is 0 Å². The number of benzene rings is 2. The minimum atomic E-state index is 0.0961. The fourth-order valence-corrected chi connectivity index (χ4v) is 3.23. The van der Waals surface area contributed by atoms with Crippen molar-refractivity contribution in [2.45, 2.75) is 18.9 Å². The van der Waals surface area contributed by atoms with E-state index >= 15 is 0 Å². The number of para-hydroxylation sites is 1. The predicted molar refractivity (Wildman–Crippen MR) is 90.1 cm³/mol. The lowest BCUT2D eigenvalue weighted by atomic mass is 10.0. The maximum atomic E-state index is 12.5. The highest BCUT2D eigenvalue weighted by Gasteiger charge is 2.30. The van der Waals surface area contributed by atoms with Crippen molar-refractivity contribution in [3.63, 3.8) is 0 Å². The zero-order chi connectivity index (χ0) is 15.4. The van der Waals surface area contributed by atoms with Crippen molar-refractivity contribution in [3.8, 4) is 0 Å². The number of anilines is 1. The second-order valence-electron chi connectivity index (χ2n) is 5.49. The van der Waals surface area contributed by atoms with Crippen molar-refractivity contribution in [3.05, 3.63) is 65.2 Å². The summed E-state index contributed by atoms with van der Waals surface area (Å²) in [7, 11) is 0. The van der Waals surface area contributed by atoms with Gasteiger partial charge >= 0.3 is 0 Å². The number of hydrogen-bond acceptors (Lipinski definition) is 2. The van der Waals surface area contributed by atoms with Gasteiger partial charge in [-0.15, -0.1) is 0 Å². The molecule has 1 unspecified atom stereocenters. The van der Waals surface area contributed by atoms with E-state index in [1.54, 1.807) is 0 Å². The lowest BCUT2D eigenvalue weighted by molar-refractivity contribution is -0.130. The van der Waals surface area contributed by atoms with Crippen LogP contribution in [0.15, 0.2) is 54.6 Å². The summed E-state index contributed by atoms with van der Waals surface area (Å²) in [5, 5.41) is 3.92. The quantitative estimate of drug-likeness (QED) is 0.921. The summed E-state index contributed by atoms with van der Waals surface area (Å²) in [5.74, 6) is 0.117. The molecule has 1 atom stereocenters. The average Bonchev–Trinajstić information content (AvgIpc) is 3.03. The molecule has 0 radical (unpaired) electrons. The molecule has 0 aliphatic carbocycles. The molecule has 1 aliphatic rings. The average molecular weight is 315 g/mol. The van der Waals surface area contributed by atoms with Gasteiger partial charge in [0.15, 0.2) is 0 Å². The molecular formula is C18H19ClN2O. The molecule has 1 saturated heterocycles. The van der Waals surface area contributed by atoms with Crippen molar-refractivity contribution in [2.24, 2.45) is 0 Å². The molecular weight excluding hydrogens is 296 g/mol. The van der Waals surface area contributed by atoms with Crippen LogP contribution >= 0.6 is 11.6 Å². The van der Waals surface area contributed by atoms with Crippen molar-refractivity contribution < 1.29 is 4.79 Å². The number of carbonyl (C=O) groups excluding carboxylic acids is 1. The SMILES string of the molecule is O=C(CNc1ccccc1)N1CCCC1c1ccccc1Cl. The third kappa shape index (κ3) is 3.25. The summed E-state index contributed by atoms with van der Waals surface area (Å²) in [6.07, 6.45) is 1.99. The Morgan fingerprint density at radius 1 is 1.14 bits per heavy atom. The van der Waals surface area contributed by atoms with E-state index in [-0.39, 0.29) is 11.9 Å². The standard InChI is InChI=1S/C18H19ClN2O/c19-16-10-5-4-9-15(16)17-11-6-12-21(17)18(22)13-20-14-7-2-1-3-8-14/h1-5,7-10,17,20H,6,11-13H2. The molecule has 0 bridgehead atoms. The Balaban J connectivity index is 1.68. The van der Waals surface area contributed by atoms with Crippen LogP contribution < -0.4 is 5.32 Å². The molecule has 2 aromatic rings. The molecule has 1 fully saturated rings. The summed E-state index contributed by atoms with van der Waals surface area (Å²) < 4.78 is 0. The van der Waals surface area contributed by atoms with Gasteiger partial charge in [-0.1, -0.05) is 48.0 Å². The maximum absolute atomic E-state index is 12.5. The number of nitrogens with zero attached hydrogens (tertiary/aromatic N) is 1. The molecule has 22 heavy (non-hydrogen) atoms. The summed E-state index contributed by atoms with van der Waals surface area (Å²) >= 11 is 6.29. The van der Waals surface area contributed by atoms with E-state index in [2.05, 4.69) is 5.32 Å². The van der Waals surface area contributed by atoms with E-state index in [1.165, 1.54) is 0 Å². The zero-order valence-electron chi connectivity index (χ0n) is 12.3. The highest BCUT2D eigenvalue weighted by atomic mass is 35.5. The first-order chi connectivity index (χ1) is 10.8. The number of hydrogen-bond donors (Lipinski definition) is 1. The second-order valence-corrected chi connectivity index (χ2v) is 5.89. The van der Waals surface area contributed by atoms with Crippen LogP contribution in [0, 0.1) is 0 Å². The van der Waals surface area contributed by atoms with Crippen molar-refractivity contribution in [2.75, 3.05) is 18.4 Å². The van der Waals surface area contributed by atoms with E-state index in [0.717, 1.165) is 35.7 Å². The van der Waals surface area contributed by atoms with Gasteiger partial charge in [0.1, 0.15) is 0 Å². The van der Waals surface area contributed by atoms with Crippen molar-refractivity contribution >= 4 is 23.2 Å². The molecule has 1 amide bonds. The molecule has 1 heterocycles.